The Morgan fingerprint density at radius 1 is 1.04 bits per heavy atom. The summed E-state index contributed by atoms with van der Waals surface area (Å²) in [4.78, 5) is 24.0. The number of amides is 1. The third kappa shape index (κ3) is 4.31. The van der Waals surface area contributed by atoms with Gasteiger partial charge in [-0.25, -0.2) is 0 Å². The summed E-state index contributed by atoms with van der Waals surface area (Å²) in [5, 5.41) is 6.10. The van der Waals surface area contributed by atoms with Crippen LogP contribution in [0.15, 0.2) is 42.5 Å². The van der Waals surface area contributed by atoms with Crippen LogP contribution in [0, 0.1) is 0 Å². The second-order valence-corrected chi connectivity index (χ2v) is 6.98. The number of nitrogens with one attached hydrogen (secondary N) is 2. The molecule has 2 aromatic rings. The molecular formula is C22H26N2O2. The molecule has 1 unspecified atom stereocenters. The van der Waals surface area contributed by atoms with Gasteiger partial charge in [0.25, 0.3) is 0 Å². The van der Waals surface area contributed by atoms with Crippen molar-refractivity contribution in [2.45, 2.75) is 45.6 Å². The lowest BCUT2D eigenvalue weighted by atomic mass is 9.89. The molecule has 26 heavy (non-hydrogen) atoms. The van der Waals surface area contributed by atoms with E-state index >= 15 is 0 Å². The quantitative estimate of drug-likeness (QED) is 0.773. The number of para-hydroxylation sites is 1. The van der Waals surface area contributed by atoms with E-state index in [9.17, 15) is 9.59 Å². The monoisotopic (exact) mass is 350 g/mol. The standard InChI is InChI=1S/C22H26N2O2/c1-15(18-12-11-17-7-3-4-8-19(17)13-18)24-22(26)14-23-21-10-6-5-9-20(21)16(2)25/h5-6,9-13,15,23H,3-4,7-8,14H2,1-2H3,(H,24,26). The molecule has 0 saturated carbocycles. The Morgan fingerprint density at radius 2 is 1.77 bits per heavy atom. The number of ketones is 1. The van der Waals surface area contributed by atoms with Gasteiger partial charge >= 0.3 is 0 Å². The van der Waals surface area contributed by atoms with Crippen LogP contribution in [0.5, 0.6) is 0 Å². The molecule has 0 fully saturated rings. The van der Waals surface area contributed by atoms with E-state index in [4.69, 9.17) is 0 Å². The molecule has 2 N–H and O–H groups in total. The first-order chi connectivity index (χ1) is 12.5. The highest BCUT2D eigenvalue weighted by atomic mass is 16.2. The topological polar surface area (TPSA) is 58.2 Å². The van der Waals surface area contributed by atoms with Crippen LogP contribution in [0.1, 0.15) is 59.8 Å². The van der Waals surface area contributed by atoms with Crippen LogP contribution >= 0.6 is 0 Å². The van der Waals surface area contributed by atoms with Gasteiger partial charge in [-0.2, -0.15) is 0 Å². The van der Waals surface area contributed by atoms with E-state index in [1.165, 1.54) is 30.9 Å². The lowest BCUT2D eigenvalue weighted by Gasteiger charge is -2.20. The van der Waals surface area contributed by atoms with Gasteiger partial charge in [-0.05, 0) is 68.4 Å². The van der Waals surface area contributed by atoms with Crippen LogP contribution in [-0.4, -0.2) is 18.2 Å². The fourth-order valence-corrected chi connectivity index (χ4v) is 3.52. The number of rotatable bonds is 6. The molecule has 0 radical (unpaired) electrons. The van der Waals surface area contributed by atoms with Gasteiger partial charge in [-0.3, -0.25) is 9.59 Å². The van der Waals surface area contributed by atoms with Gasteiger partial charge in [0.2, 0.25) is 5.91 Å². The van der Waals surface area contributed by atoms with Crippen molar-refractivity contribution in [1.29, 1.82) is 0 Å². The van der Waals surface area contributed by atoms with Crippen molar-refractivity contribution in [3.05, 3.63) is 64.7 Å². The molecular weight excluding hydrogens is 324 g/mol. The van der Waals surface area contributed by atoms with Crippen molar-refractivity contribution in [2.75, 3.05) is 11.9 Å². The van der Waals surface area contributed by atoms with Crippen molar-refractivity contribution in [3.63, 3.8) is 0 Å². The third-order valence-electron chi connectivity index (χ3n) is 5.00. The van der Waals surface area contributed by atoms with Gasteiger partial charge in [-0.1, -0.05) is 30.3 Å². The summed E-state index contributed by atoms with van der Waals surface area (Å²) in [7, 11) is 0. The summed E-state index contributed by atoms with van der Waals surface area (Å²) in [5.74, 6) is -0.107. The zero-order valence-corrected chi connectivity index (χ0v) is 15.5. The minimum absolute atomic E-state index is 0.0177. The maximum Gasteiger partial charge on any atom is 0.239 e. The van der Waals surface area contributed by atoms with Gasteiger partial charge in [0.15, 0.2) is 5.78 Å². The molecule has 1 amide bonds. The maximum absolute atomic E-state index is 12.3. The van der Waals surface area contributed by atoms with Crippen molar-refractivity contribution < 1.29 is 9.59 Å². The Labute approximate surface area is 155 Å². The SMILES string of the molecule is CC(=O)c1ccccc1NCC(=O)NC(C)c1ccc2c(c1)CCCC2. The minimum atomic E-state index is -0.0893. The second-order valence-electron chi connectivity index (χ2n) is 6.98. The molecule has 1 aliphatic carbocycles. The summed E-state index contributed by atoms with van der Waals surface area (Å²) in [6, 6.07) is 13.8. The summed E-state index contributed by atoms with van der Waals surface area (Å²) >= 11 is 0. The van der Waals surface area contributed by atoms with Crippen molar-refractivity contribution in [2.24, 2.45) is 0 Å². The van der Waals surface area contributed by atoms with Crippen molar-refractivity contribution in [1.82, 2.24) is 5.32 Å². The number of anilines is 1. The second kappa shape index (κ2) is 8.17. The van der Waals surface area contributed by atoms with Crippen molar-refractivity contribution in [3.8, 4) is 0 Å². The van der Waals surface area contributed by atoms with Gasteiger partial charge < -0.3 is 10.6 Å². The molecule has 0 aromatic heterocycles. The molecule has 3 rings (SSSR count). The number of aryl methyl sites for hydroxylation is 2. The molecule has 0 saturated heterocycles. The maximum atomic E-state index is 12.3. The normalized spacial score (nSPS) is 14.2. The van der Waals surface area contributed by atoms with Crippen LogP contribution in [-0.2, 0) is 17.6 Å². The third-order valence-corrected chi connectivity index (χ3v) is 5.00. The van der Waals surface area contributed by atoms with Gasteiger partial charge in [0.05, 0.1) is 12.6 Å². The van der Waals surface area contributed by atoms with Crippen LogP contribution < -0.4 is 10.6 Å². The Hall–Kier alpha value is -2.62. The molecule has 1 aliphatic rings. The number of fused-ring (bicyclic) bond motifs is 1. The van der Waals surface area contributed by atoms with Crippen LogP contribution in [0.3, 0.4) is 0 Å². The van der Waals surface area contributed by atoms with E-state index in [0.29, 0.717) is 11.3 Å². The molecule has 136 valence electrons. The molecule has 4 heteroatoms. The summed E-state index contributed by atoms with van der Waals surface area (Å²) < 4.78 is 0. The molecule has 0 bridgehead atoms. The summed E-state index contributed by atoms with van der Waals surface area (Å²) in [6.45, 7) is 3.67. The van der Waals surface area contributed by atoms with Crippen LogP contribution in [0.25, 0.3) is 0 Å². The lowest BCUT2D eigenvalue weighted by molar-refractivity contribution is -0.120. The van der Waals surface area contributed by atoms with E-state index < -0.39 is 0 Å². The highest BCUT2D eigenvalue weighted by Gasteiger charge is 2.14. The largest absolute Gasteiger partial charge is 0.376 e. The zero-order chi connectivity index (χ0) is 18.5. The van der Waals surface area contributed by atoms with Crippen LogP contribution in [0.2, 0.25) is 0 Å². The fraction of sp³-hybridized carbons (Fsp3) is 0.364. The van der Waals surface area contributed by atoms with Crippen LogP contribution in [0.4, 0.5) is 5.69 Å². The fourth-order valence-electron chi connectivity index (χ4n) is 3.52. The van der Waals surface area contributed by atoms with Crippen molar-refractivity contribution >= 4 is 17.4 Å². The highest BCUT2D eigenvalue weighted by Crippen LogP contribution is 2.24. The predicted molar refractivity (Wildman–Crippen MR) is 105 cm³/mol. The molecule has 4 nitrogen and oxygen atoms in total. The van der Waals surface area contributed by atoms with E-state index in [0.717, 1.165) is 18.4 Å². The van der Waals surface area contributed by atoms with E-state index in [1.54, 1.807) is 6.07 Å². The summed E-state index contributed by atoms with van der Waals surface area (Å²) in [6.07, 6.45) is 4.81. The first-order valence-electron chi connectivity index (χ1n) is 9.29. The summed E-state index contributed by atoms with van der Waals surface area (Å²) in [5.41, 5.74) is 5.30. The number of carbonyl (C=O) groups excluding carboxylic acids is 2. The molecule has 0 aliphatic heterocycles. The first-order valence-corrected chi connectivity index (χ1v) is 9.29. The first kappa shape index (κ1) is 18.2. The van der Waals surface area contributed by atoms with Gasteiger partial charge in [0, 0.05) is 11.3 Å². The van der Waals surface area contributed by atoms with E-state index in [2.05, 4.69) is 28.8 Å². The minimum Gasteiger partial charge on any atom is -0.376 e. The average Bonchev–Trinajstić information content (AvgIpc) is 2.66. The van der Waals surface area contributed by atoms with E-state index in [-0.39, 0.29) is 24.3 Å². The Bertz CT molecular complexity index is 814. The van der Waals surface area contributed by atoms with Gasteiger partial charge in [0.1, 0.15) is 0 Å². The lowest BCUT2D eigenvalue weighted by Crippen LogP contribution is -2.32. The zero-order valence-electron chi connectivity index (χ0n) is 15.5. The predicted octanol–water partition coefficient (Wildman–Crippen LogP) is 4.06. The molecule has 1 atom stereocenters. The number of hydrogen-bond donors (Lipinski definition) is 2. The molecule has 0 heterocycles. The number of Topliss-reactive ketones (excluding diaryl/α,β-unsaturated/α-hetero) is 1. The number of carbonyl (C=O) groups is 2. The number of hydrogen-bond acceptors (Lipinski definition) is 3. The molecule has 2 aromatic carbocycles. The average molecular weight is 350 g/mol. The smallest absolute Gasteiger partial charge is 0.239 e. The highest BCUT2D eigenvalue weighted by molar-refractivity contribution is 6.00. The Kier molecular flexibility index (Phi) is 5.71. The molecule has 0 spiro atoms. The van der Waals surface area contributed by atoms with Gasteiger partial charge in [-0.15, -0.1) is 0 Å². The number of benzene rings is 2. The Morgan fingerprint density at radius 3 is 2.54 bits per heavy atom. The Balaban J connectivity index is 1.59. The van der Waals surface area contributed by atoms with E-state index in [1.807, 2.05) is 25.1 Å².